The normalized spacial score (nSPS) is 11.7. The van der Waals surface area contributed by atoms with Crippen molar-refractivity contribution >= 4 is 15.9 Å². The van der Waals surface area contributed by atoms with Gasteiger partial charge in [0, 0.05) is 25.2 Å². The number of nitrogens with zero attached hydrogens (tertiary/aromatic N) is 1. The summed E-state index contributed by atoms with van der Waals surface area (Å²) in [5.74, 6) is -0.261. The zero-order chi connectivity index (χ0) is 15.3. The van der Waals surface area contributed by atoms with Gasteiger partial charge in [-0.15, -0.1) is 0 Å². The van der Waals surface area contributed by atoms with E-state index in [0.29, 0.717) is 30.8 Å². The first-order valence-corrected chi connectivity index (χ1v) is 8.21. The van der Waals surface area contributed by atoms with Crippen LogP contribution in [0.2, 0.25) is 0 Å². The second kappa shape index (κ2) is 6.85. The molecule has 0 saturated carbocycles. The van der Waals surface area contributed by atoms with Crippen LogP contribution in [0.1, 0.15) is 36.7 Å². The van der Waals surface area contributed by atoms with E-state index < -0.39 is 10.0 Å². The molecule has 20 heavy (non-hydrogen) atoms. The molecule has 0 atom stereocenters. The molecule has 6 heteroatoms. The molecule has 1 aromatic rings. The maximum Gasteiger partial charge on any atom is 0.251 e. The zero-order valence-electron chi connectivity index (χ0n) is 12.4. The first kappa shape index (κ1) is 16.7. The highest BCUT2D eigenvalue weighted by Crippen LogP contribution is 2.21. The van der Waals surface area contributed by atoms with Gasteiger partial charge in [0.1, 0.15) is 0 Å². The van der Waals surface area contributed by atoms with Crippen molar-refractivity contribution in [1.82, 2.24) is 9.62 Å². The molecule has 1 rings (SSSR count). The molecule has 112 valence electrons. The average Bonchev–Trinajstić information content (AvgIpc) is 2.40. The highest BCUT2D eigenvalue weighted by atomic mass is 32.2. The van der Waals surface area contributed by atoms with Crippen molar-refractivity contribution in [2.24, 2.45) is 0 Å². The van der Waals surface area contributed by atoms with Crippen molar-refractivity contribution in [2.45, 2.75) is 32.6 Å². The SMILES string of the molecule is CCNC(=O)c1ccc(C)c(S(=O)(=O)N(CC)CC)c1. The van der Waals surface area contributed by atoms with Gasteiger partial charge in [0.05, 0.1) is 4.90 Å². The number of nitrogens with one attached hydrogen (secondary N) is 1. The lowest BCUT2D eigenvalue weighted by molar-refractivity contribution is 0.0955. The zero-order valence-corrected chi connectivity index (χ0v) is 13.3. The Hall–Kier alpha value is -1.40. The fraction of sp³-hybridized carbons (Fsp3) is 0.500. The summed E-state index contributed by atoms with van der Waals surface area (Å²) in [5, 5.41) is 2.67. The van der Waals surface area contributed by atoms with E-state index in [9.17, 15) is 13.2 Å². The van der Waals surface area contributed by atoms with Crippen molar-refractivity contribution in [3.05, 3.63) is 29.3 Å². The Balaban J connectivity index is 3.31. The second-order valence-corrected chi connectivity index (χ2v) is 6.34. The number of rotatable bonds is 6. The number of benzene rings is 1. The van der Waals surface area contributed by atoms with E-state index in [1.54, 1.807) is 32.9 Å². The minimum atomic E-state index is -3.55. The molecule has 0 aliphatic rings. The van der Waals surface area contributed by atoms with E-state index >= 15 is 0 Å². The Morgan fingerprint density at radius 3 is 2.30 bits per heavy atom. The smallest absolute Gasteiger partial charge is 0.251 e. The van der Waals surface area contributed by atoms with Gasteiger partial charge >= 0.3 is 0 Å². The molecular weight excluding hydrogens is 276 g/mol. The molecule has 1 N–H and O–H groups in total. The third-order valence-corrected chi connectivity index (χ3v) is 5.30. The summed E-state index contributed by atoms with van der Waals surface area (Å²) in [6, 6.07) is 4.76. The minimum Gasteiger partial charge on any atom is -0.352 e. The molecule has 0 bridgehead atoms. The van der Waals surface area contributed by atoms with Gasteiger partial charge in [0.2, 0.25) is 10.0 Å². The first-order valence-electron chi connectivity index (χ1n) is 6.77. The quantitative estimate of drug-likeness (QED) is 0.870. The standard InChI is InChI=1S/C14H22N2O3S/c1-5-15-14(17)12-9-8-11(4)13(10-12)20(18,19)16(6-2)7-3/h8-10H,5-7H2,1-4H3,(H,15,17). The van der Waals surface area contributed by atoms with Gasteiger partial charge in [-0.05, 0) is 31.5 Å². The number of sulfonamides is 1. The van der Waals surface area contributed by atoms with Gasteiger partial charge in [-0.3, -0.25) is 4.79 Å². The predicted molar refractivity (Wildman–Crippen MR) is 79.3 cm³/mol. The molecule has 0 fully saturated rings. The summed E-state index contributed by atoms with van der Waals surface area (Å²) in [4.78, 5) is 12.0. The largest absolute Gasteiger partial charge is 0.352 e. The van der Waals surface area contributed by atoms with Crippen LogP contribution in [0.15, 0.2) is 23.1 Å². The fourth-order valence-electron chi connectivity index (χ4n) is 1.98. The van der Waals surface area contributed by atoms with Gasteiger partial charge in [0.15, 0.2) is 0 Å². The fourth-order valence-corrected chi connectivity index (χ4v) is 3.69. The molecule has 0 aliphatic carbocycles. The summed E-state index contributed by atoms with van der Waals surface area (Å²) < 4.78 is 26.5. The van der Waals surface area contributed by atoms with Gasteiger partial charge in [0.25, 0.3) is 5.91 Å². The van der Waals surface area contributed by atoms with Crippen molar-refractivity contribution in [2.75, 3.05) is 19.6 Å². The third kappa shape index (κ3) is 3.37. The van der Waals surface area contributed by atoms with E-state index in [-0.39, 0.29) is 10.8 Å². The van der Waals surface area contributed by atoms with E-state index in [0.717, 1.165) is 0 Å². The van der Waals surface area contributed by atoms with Crippen LogP contribution in [0.4, 0.5) is 0 Å². The number of hydrogen-bond acceptors (Lipinski definition) is 3. The lowest BCUT2D eigenvalue weighted by Gasteiger charge is -2.20. The molecule has 0 saturated heterocycles. The molecule has 0 aliphatic heterocycles. The van der Waals surface area contributed by atoms with E-state index in [1.165, 1.54) is 10.4 Å². The molecular formula is C14H22N2O3S. The maximum atomic E-state index is 12.5. The highest BCUT2D eigenvalue weighted by Gasteiger charge is 2.24. The highest BCUT2D eigenvalue weighted by molar-refractivity contribution is 7.89. The van der Waals surface area contributed by atoms with Gasteiger partial charge in [-0.2, -0.15) is 4.31 Å². The molecule has 0 unspecified atom stereocenters. The average molecular weight is 298 g/mol. The molecule has 0 heterocycles. The monoisotopic (exact) mass is 298 g/mol. The van der Waals surface area contributed by atoms with Gasteiger partial charge in [-0.25, -0.2) is 8.42 Å². The number of carbonyl (C=O) groups is 1. The molecule has 0 spiro atoms. The summed E-state index contributed by atoms with van der Waals surface area (Å²) in [5.41, 5.74) is 1.01. The lowest BCUT2D eigenvalue weighted by atomic mass is 10.1. The number of amides is 1. The van der Waals surface area contributed by atoms with Crippen LogP contribution in [0.25, 0.3) is 0 Å². The number of carbonyl (C=O) groups excluding carboxylic acids is 1. The molecule has 0 radical (unpaired) electrons. The van der Waals surface area contributed by atoms with Crippen LogP contribution in [0, 0.1) is 6.92 Å². The molecule has 0 aromatic heterocycles. The Bertz CT molecular complexity index is 578. The summed E-state index contributed by atoms with van der Waals surface area (Å²) in [7, 11) is -3.55. The third-order valence-electron chi connectivity index (χ3n) is 3.11. The number of aryl methyl sites for hydroxylation is 1. The topological polar surface area (TPSA) is 66.5 Å². The van der Waals surface area contributed by atoms with Crippen LogP contribution < -0.4 is 5.32 Å². The van der Waals surface area contributed by atoms with Gasteiger partial charge < -0.3 is 5.32 Å². The van der Waals surface area contributed by atoms with Crippen LogP contribution in [0.3, 0.4) is 0 Å². The summed E-state index contributed by atoms with van der Waals surface area (Å²) >= 11 is 0. The summed E-state index contributed by atoms with van der Waals surface area (Å²) in [6.07, 6.45) is 0. The molecule has 1 amide bonds. The van der Waals surface area contributed by atoms with Crippen molar-refractivity contribution in [3.63, 3.8) is 0 Å². The Morgan fingerprint density at radius 2 is 1.80 bits per heavy atom. The van der Waals surface area contributed by atoms with E-state index in [1.807, 2.05) is 6.92 Å². The van der Waals surface area contributed by atoms with Crippen LogP contribution in [-0.4, -0.2) is 38.3 Å². The van der Waals surface area contributed by atoms with Crippen molar-refractivity contribution in [1.29, 1.82) is 0 Å². The van der Waals surface area contributed by atoms with E-state index in [2.05, 4.69) is 5.32 Å². The summed E-state index contributed by atoms with van der Waals surface area (Å²) in [6.45, 7) is 8.46. The first-order chi connectivity index (χ1) is 9.38. The van der Waals surface area contributed by atoms with Crippen molar-refractivity contribution < 1.29 is 13.2 Å². The second-order valence-electron chi connectivity index (χ2n) is 4.43. The van der Waals surface area contributed by atoms with Crippen LogP contribution in [0.5, 0.6) is 0 Å². The van der Waals surface area contributed by atoms with Crippen molar-refractivity contribution in [3.8, 4) is 0 Å². The van der Waals surface area contributed by atoms with E-state index in [4.69, 9.17) is 0 Å². The lowest BCUT2D eigenvalue weighted by Crippen LogP contribution is -2.31. The Kier molecular flexibility index (Phi) is 5.71. The Labute approximate surface area is 121 Å². The maximum absolute atomic E-state index is 12.5. The van der Waals surface area contributed by atoms with Gasteiger partial charge in [-0.1, -0.05) is 19.9 Å². The van der Waals surface area contributed by atoms with Crippen LogP contribution in [-0.2, 0) is 10.0 Å². The number of hydrogen-bond donors (Lipinski definition) is 1. The molecule has 1 aromatic carbocycles. The molecule has 5 nitrogen and oxygen atoms in total. The van der Waals surface area contributed by atoms with Crippen LogP contribution >= 0.6 is 0 Å². The predicted octanol–water partition coefficient (Wildman–Crippen LogP) is 1.78. The minimum absolute atomic E-state index is 0.199. The Morgan fingerprint density at radius 1 is 1.20 bits per heavy atom.